The van der Waals surface area contributed by atoms with Gasteiger partial charge in [0.2, 0.25) is 0 Å². The molecule has 2 aromatic heterocycles. The van der Waals surface area contributed by atoms with E-state index < -0.39 is 0 Å². The van der Waals surface area contributed by atoms with Crippen molar-refractivity contribution >= 4 is 28.1 Å². The molecule has 3 N–H and O–H groups in total. The number of nitrogens with zero attached hydrogens (tertiary/aromatic N) is 2. The van der Waals surface area contributed by atoms with Crippen LogP contribution in [0.3, 0.4) is 0 Å². The number of carbonyl (C=O) groups excluding carboxylic acids is 1. The van der Waals surface area contributed by atoms with Crippen LogP contribution in [0.2, 0.25) is 0 Å². The molecule has 2 rings (SSSR count). The maximum atomic E-state index is 12.0. The van der Waals surface area contributed by atoms with Gasteiger partial charge in [0.05, 0.1) is 5.69 Å². The van der Waals surface area contributed by atoms with Crippen molar-refractivity contribution in [1.82, 2.24) is 9.55 Å². The number of nitrogens with two attached hydrogens (primary N) is 1. The first kappa shape index (κ1) is 11.7. The van der Waals surface area contributed by atoms with Gasteiger partial charge >= 0.3 is 0 Å². The summed E-state index contributed by atoms with van der Waals surface area (Å²) in [6.07, 6.45) is 3.48. The van der Waals surface area contributed by atoms with E-state index >= 15 is 0 Å². The second-order valence-electron chi connectivity index (χ2n) is 3.67. The van der Waals surface area contributed by atoms with E-state index in [1.165, 1.54) is 11.3 Å². The molecule has 5 nitrogen and oxygen atoms in total. The molecule has 0 radical (unpaired) electrons. The van der Waals surface area contributed by atoms with E-state index in [9.17, 15) is 4.79 Å². The Morgan fingerprint density at radius 1 is 1.65 bits per heavy atom. The number of aryl methyl sites for hydroxylation is 2. The molecule has 0 aliphatic heterocycles. The summed E-state index contributed by atoms with van der Waals surface area (Å²) in [5.41, 5.74) is 6.82. The predicted octanol–water partition coefficient (Wildman–Crippen LogP) is 2.11. The molecule has 0 bridgehead atoms. The predicted molar refractivity (Wildman–Crippen MR) is 69.3 cm³/mol. The fourth-order valence-corrected chi connectivity index (χ4v) is 2.22. The normalized spacial score (nSPS) is 10.5. The lowest BCUT2D eigenvalue weighted by atomic mass is 10.4. The Balaban J connectivity index is 2.19. The molecule has 2 aromatic rings. The molecule has 0 aliphatic carbocycles. The number of thiazole rings is 1. The van der Waals surface area contributed by atoms with Crippen LogP contribution >= 0.6 is 11.3 Å². The Hall–Kier alpha value is -1.82. The van der Waals surface area contributed by atoms with Gasteiger partial charge in [0.25, 0.3) is 5.91 Å². The third-order valence-corrected chi connectivity index (χ3v) is 3.16. The maximum Gasteiger partial charge on any atom is 0.274 e. The fraction of sp³-hybridized carbons (Fsp3) is 0.273. The Morgan fingerprint density at radius 2 is 2.41 bits per heavy atom. The van der Waals surface area contributed by atoms with Gasteiger partial charge in [-0.15, -0.1) is 11.3 Å². The number of rotatable bonds is 3. The summed E-state index contributed by atoms with van der Waals surface area (Å²) in [7, 11) is 0. The SMILES string of the molecule is CCn1cc(N)cc1C(=O)Nc1ncc(C)s1. The molecular weight excluding hydrogens is 236 g/mol. The monoisotopic (exact) mass is 250 g/mol. The highest BCUT2D eigenvalue weighted by Gasteiger charge is 2.13. The van der Waals surface area contributed by atoms with Crippen molar-refractivity contribution in [3.05, 3.63) is 29.0 Å². The number of hydrogen-bond acceptors (Lipinski definition) is 4. The van der Waals surface area contributed by atoms with E-state index in [-0.39, 0.29) is 5.91 Å². The Kier molecular flexibility index (Phi) is 3.14. The van der Waals surface area contributed by atoms with Gasteiger partial charge in [-0.1, -0.05) is 0 Å². The topological polar surface area (TPSA) is 72.9 Å². The molecule has 0 fully saturated rings. The first-order chi connectivity index (χ1) is 8.10. The van der Waals surface area contributed by atoms with Gasteiger partial charge in [-0.25, -0.2) is 4.98 Å². The largest absolute Gasteiger partial charge is 0.397 e. The summed E-state index contributed by atoms with van der Waals surface area (Å²) in [5, 5.41) is 3.37. The molecule has 0 spiro atoms. The van der Waals surface area contributed by atoms with Gasteiger partial charge in [0.15, 0.2) is 5.13 Å². The first-order valence-corrected chi connectivity index (χ1v) is 6.11. The molecule has 17 heavy (non-hydrogen) atoms. The zero-order valence-electron chi connectivity index (χ0n) is 9.73. The van der Waals surface area contributed by atoms with E-state index in [2.05, 4.69) is 10.3 Å². The molecule has 90 valence electrons. The number of aromatic nitrogens is 2. The molecule has 0 atom stereocenters. The summed E-state index contributed by atoms with van der Waals surface area (Å²) in [4.78, 5) is 17.1. The lowest BCUT2D eigenvalue weighted by Crippen LogP contribution is -2.16. The number of anilines is 2. The van der Waals surface area contributed by atoms with Gasteiger partial charge in [-0.2, -0.15) is 0 Å². The second-order valence-corrected chi connectivity index (χ2v) is 4.91. The van der Waals surface area contributed by atoms with E-state index in [1.807, 2.05) is 18.4 Å². The van der Waals surface area contributed by atoms with Crippen molar-refractivity contribution in [3.63, 3.8) is 0 Å². The number of nitrogens with one attached hydrogen (secondary N) is 1. The van der Waals surface area contributed by atoms with Crippen molar-refractivity contribution in [2.45, 2.75) is 20.4 Å². The highest BCUT2D eigenvalue weighted by molar-refractivity contribution is 7.15. The number of carbonyl (C=O) groups is 1. The second kappa shape index (κ2) is 4.58. The Bertz CT molecular complexity index is 543. The number of nitrogen functional groups attached to an aromatic ring is 1. The zero-order chi connectivity index (χ0) is 12.4. The van der Waals surface area contributed by atoms with Crippen molar-refractivity contribution in [3.8, 4) is 0 Å². The Morgan fingerprint density at radius 3 is 3.00 bits per heavy atom. The van der Waals surface area contributed by atoms with Crippen LogP contribution in [-0.2, 0) is 6.54 Å². The van der Waals surface area contributed by atoms with Crippen molar-refractivity contribution in [2.75, 3.05) is 11.1 Å². The molecule has 6 heteroatoms. The molecule has 0 unspecified atom stereocenters. The van der Waals surface area contributed by atoms with Gasteiger partial charge in [-0.3, -0.25) is 10.1 Å². The van der Waals surface area contributed by atoms with Crippen LogP contribution in [0.4, 0.5) is 10.8 Å². The van der Waals surface area contributed by atoms with E-state index in [0.717, 1.165) is 4.88 Å². The molecular formula is C11H14N4OS. The summed E-state index contributed by atoms with van der Waals surface area (Å²) in [6, 6.07) is 1.67. The highest BCUT2D eigenvalue weighted by atomic mass is 32.1. The van der Waals surface area contributed by atoms with E-state index in [4.69, 9.17) is 5.73 Å². The molecule has 0 aliphatic rings. The summed E-state index contributed by atoms with van der Waals surface area (Å²) in [6.45, 7) is 4.61. The number of hydrogen-bond donors (Lipinski definition) is 2. The number of amides is 1. The van der Waals surface area contributed by atoms with Gasteiger partial charge in [0, 0.05) is 23.8 Å². The highest BCUT2D eigenvalue weighted by Crippen LogP contribution is 2.18. The van der Waals surface area contributed by atoms with Crippen molar-refractivity contribution < 1.29 is 4.79 Å². The fourth-order valence-electron chi connectivity index (χ4n) is 1.56. The average Bonchev–Trinajstić information content (AvgIpc) is 2.84. The van der Waals surface area contributed by atoms with Crippen molar-refractivity contribution in [1.29, 1.82) is 0 Å². The molecule has 0 aromatic carbocycles. The molecule has 2 heterocycles. The smallest absolute Gasteiger partial charge is 0.274 e. The van der Waals surface area contributed by atoms with Crippen molar-refractivity contribution in [2.24, 2.45) is 0 Å². The van der Waals surface area contributed by atoms with E-state index in [1.54, 1.807) is 18.5 Å². The van der Waals surface area contributed by atoms with Crippen LogP contribution in [-0.4, -0.2) is 15.5 Å². The Labute approximate surface area is 103 Å². The summed E-state index contributed by atoms with van der Waals surface area (Å²) >= 11 is 1.45. The van der Waals surface area contributed by atoms with Gasteiger partial charge in [0.1, 0.15) is 5.69 Å². The van der Waals surface area contributed by atoms with Gasteiger partial charge in [-0.05, 0) is 19.9 Å². The zero-order valence-corrected chi connectivity index (χ0v) is 10.5. The lowest BCUT2D eigenvalue weighted by Gasteiger charge is -2.04. The molecule has 0 saturated carbocycles. The molecule has 0 saturated heterocycles. The molecule has 1 amide bonds. The average molecular weight is 250 g/mol. The summed E-state index contributed by atoms with van der Waals surface area (Å²) in [5.74, 6) is -0.182. The van der Waals surface area contributed by atoms with E-state index in [0.29, 0.717) is 23.1 Å². The summed E-state index contributed by atoms with van der Waals surface area (Å²) < 4.78 is 1.81. The maximum absolute atomic E-state index is 12.0. The van der Waals surface area contributed by atoms with Crippen LogP contribution in [0.25, 0.3) is 0 Å². The van der Waals surface area contributed by atoms with Gasteiger partial charge < -0.3 is 10.3 Å². The lowest BCUT2D eigenvalue weighted by molar-refractivity contribution is 0.101. The third kappa shape index (κ3) is 2.47. The van der Waals surface area contributed by atoms with Crippen LogP contribution in [0.1, 0.15) is 22.3 Å². The van der Waals surface area contributed by atoms with Crippen LogP contribution < -0.4 is 11.1 Å². The quantitative estimate of drug-likeness (QED) is 0.876. The van der Waals surface area contributed by atoms with Crippen LogP contribution in [0.15, 0.2) is 18.5 Å². The first-order valence-electron chi connectivity index (χ1n) is 5.29. The van der Waals surface area contributed by atoms with Crippen LogP contribution in [0.5, 0.6) is 0 Å². The minimum Gasteiger partial charge on any atom is -0.397 e. The minimum atomic E-state index is -0.182. The minimum absolute atomic E-state index is 0.182. The van der Waals surface area contributed by atoms with Crippen LogP contribution in [0, 0.1) is 6.92 Å². The third-order valence-electron chi connectivity index (χ3n) is 2.33. The standard InChI is InChI=1S/C11H14N4OS/c1-3-15-6-8(12)4-9(15)10(16)14-11-13-5-7(2)17-11/h4-6H,3,12H2,1-2H3,(H,13,14,16).